The number of pyridine rings is 1. The van der Waals surface area contributed by atoms with Gasteiger partial charge in [0, 0.05) is 49.0 Å². The first-order chi connectivity index (χ1) is 16.0. The lowest BCUT2D eigenvalue weighted by atomic mass is 10.1. The number of amides is 2. The number of rotatable bonds is 5. The number of hydrogen-bond acceptors (Lipinski definition) is 4. The van der Waals surface area contributed by atoms with E-state index in [2.05, 4.69) is 10.3 Å². The van der Waals surface area contributed by atoms with Crippen molar-refractivity contribution < 1.29 is 18.4 Å². The molecule has 0 bridgehead atoms. The zero-order chi connectivity index (χ0) is 22.9. The highest BCUT2D eigenvalue weighted by molar-refractivity contribution is 7.14. The molecular formula is C24H20F2N4O2S. The molecule has 1 atom stereocenters. The summed E-state index contributed by atoms with van der Waals surface area (Å²) in [6, 6.07) is 10.4. The van der Waals surface area contributed by atoms with E-state index < -0.39 is 17.5 Å². The Labute approximate surface area is 192 Å². The Morgan fingerprint density at radius 2 is 2.00 bits per heavy atom. The monoisotopic (exact) mass is 466 g/mol. The first kappa shape index (κ1) is 21.3. The average Bonchev–Trinajstić information content (AvgIpc) is 3.58. The largest absolute Gasteiger partial charge is 0.347 e. The first-order valence-electron chi connectivity index (χ1n) is 10.5. The van der Waals surface area contributed by atoms with Gasteiger partial charge in [-0.3, -0.25) is 9.59 Å². The van der Waals surface area contributed by atoms with E-state index in [1.54, 1.807) is 12.3 Å². The van der Waals surface area contributed by atoms with Gasteiger partial charge in [-0.15, -0.1) is 11.3 Å². The van der Waals surface area contributed by atoms with Crippen molar-refractivity contribution in [3.05, 3.63) is 93.6 Å². The van der Waals surface area contributed by atoms with E-state index in [4.69, 9.17) is 0 Å². The molecule has 6 nitrogen and oxygen atoms in total. The number of hydrogen-bond donors (Lipinski definition) is 1. The topological polar surface area (TPSA) is 66.7 Å². The Kier molecular flexibility index (Phi) is 5.63. The van der Waals surface area contributed by atoms with Gasteiger partial charge in [0.25, 0.3) is 11.8 Å². The minimum atomic E-state index is -0.730. The molecule has 0 aliphatic carbocycles. The van der Waals surface area contributed by atoms with E-state index in [1.807, 2.05) is 35.0 Å². The summed E-state index contributed by atoms with van der Waals surface area (Å²) >= 11 is 1.39. The van der Waals surface area contributed by atoms with Crippen molar-refractivity contribution in [3.8, 4) is 0 Å². The van der Waals surface area contributed by atoms with Crippen LogP contribution in [0.4, 0.5) is 8.78 Å². The van der Waals surface area contributed by atoms with Gasteiger partial charge in [-0.1, -0.05) is 0 Å². The fourth-order valence-corrected chi connectivity index (χ4v) is 5.08. The normalized spacial score (nSPS) is 15.8. The van der Waals surface area contributed by atoms with Crippen molar-refractivity contribution in [2.24, 2.45) is 0 Å². The van der Waals surface area contributed by atoms with Gasteiger partial charge in [-0.25, -0.2) is 13.8 Å². The van der Waals surface area contributed by atoms with Gasteiger partial charge < -0.3 is 14.6 Å². The third-order valence-corrected chi connectivity index (χ3v) is 7.05. The van der Waals surface area contributed by atoms with Crippen LogP contribution in [0.3, 0.4) is 0 Å². The highest BCUT2D eigenvalue weighted by atomic mass is 32.1. The lowest BCUT2D eigenvalue weighted by molar-refractivity contribution is 0.0785. The van der Waals surface area contributed by atoms with Gasteiger partial charge in [0.05, 0.1) is 10.4 Å². The minimum Gasteiger partial charge on any atom is -0.347 e. The predicted molar refractivity (Wildman–Crippen MR) is 120 cm³/mol. The second-order valence-corrected chi connectivity index (χ2v) is 9.09. The Hall–Kier alpha value is -3.59. The predicted octanol–water partition coefficient (Wildman–Crippen LogP) is 4.23. The summed E-state index contributed by atoms with van der Waals surface area (Å²) in [6.45, 7) is 1.25. The molecule has 1 N–H and O–H groups in total. The van der Waals surface area contributed by atoms with Gasteiger partial charge in [0.15, 0.2) is 0 Å². The summed E-state index contributed by atoms with van der Waals surface area (Å²) in [5.41, 5.74) is 1.52. The summed E-state index contributed by atoms with van der Waals surface area (Å²) < 4.78 is 29.3. The van der Waals surface area contributed by atoms with Crippen LogP contribution in [0.5, 0.6) is 0 Å². The number of nitrogens with one attached hydrogen (secondary N) is 1. The molecule has 0 saturated carbocycles. The molecular weight excluding hydrogens is 446 g/mol. The third kappa shape index (κ3) is 4.36. The third-order valence-electron chi connectivity index (χ3n) is 5.80. The Balaban J connectivity index is 1.21. The molecule has 1 aromatic carbocycles. The Bertz CT molecular complexity index is 1350. The number of benzene rings is 1. The lowest BCUT2D eigenvalue weighted by Crippen LogP contribution is -2.29. The van der Waals surface area contributed by atoms with Crippen LogP contribution in [0.1, 0.15) is 42.8 Å². The highest BCUT2D eigenvalue weighted by Crippen LogP contribution is 2.33. The maximum atomic E-state index is 14.0. The van der Waals surface area contributed by atoms with E-state index in [0.29, 0.717) is 30.9 Å². The number of fused-ring (bicyclic) bond motifs is 1. The maximum Gasteiger partial charge on any atom is 0.261 e. The van der Waals surface area contributed by atoms with Gasteiger partial charge in [-0.05, 0) is 54.4 Å². The van der Waals surface area contributed by atoms with Gasteiger partial charge >= 0.3 is 0 Å². The van der Waals surface area contributed by atoms with Gasteiger partial charge in [0.2, 0.25) is 0 Å². The Morgan fingerprint density at radius 3 is 2.88 bits per heavy atom. The highest BCUT2D eigenvalue weighted by Gasteiger charge is 2.30. The van der Waals surface area contributed by atoms with E-state index >= 15 is 0 Å². The van der Waals surface area contributed by atoms with Crippen LogP contribution in [0.2, 0.25) is 0 Å². The van der Waals surface area contributed by atoms with Crippen molar-refractivity contribution in [1.29, 1.82) is 0 Å². The number of carbonyl (C=O) groups excluding carboxylic acids is 2. The molecule has 0 radical (unpaired) electrons. The number of nitrogens with zero attached hydrogens (tertiary/aromatic N) is 3. The van der Waals surface area contributed by atoms with Crippen molar-refractivity contribution in [2.45, 2.75) is 18.9 Å². The van der Waals surface area contributed by atoms with Crippen LogP contribution >= 0.6 is 11.3 Å². The average molecular weight is 467 g/mol. The SMILES string of the molecule is O=C(NCc1ccn2ccnc2c1)c1ccc(C2CCN(C(=O)c3cc(F)ccc3F)C2)s1. The van der Waals surface area contributed by atoms with Crippen LogP contribution in [0.25, 0.3) is 5.65 Å². The number of carbonyl (C=O) groups is 2. The fourth-order valence-electron chi connectivity index (χ4n) is 4.03. The van der Waals surface area contributed by atoms with Crippen molar-refractivity contribution in [1.82, 2.24) is 19.6 Å². The molecule has 0 spiro atoms. The number of imidazole rings is 1. The molecule has 1 unspecified atom stereocenters. The van der Waals surface area contributed by atoms with Gasteiger partial charge in [0.1, 0.15) is 17.3 Å². The molecule has 1 aliphatic rings. The summed E-state index contributed by atoms with van der Waals surface area (Å²) in [7, 11) is 0. The number of aromatic nitrogens is 2. The summed E-state index contributed by atoms with van der Waals surface area (Å²) in [5.74, 6) is -2.00. The molecule has 2 amide bonds. The molecule has 3 aromatic heterocycles. The number of likely N-dealkylation sites (tertiary alicyclic amines) is 1. The summed E-state index contributed by atoms with van der Waals surface area (Å²) in [4.78, 5) is 32.6. The second kappa shape index (κ2) is 8.74. The molecule has 168 valence electrons. The molecule has 5 rings (SSSR count). The van der Waals surface area contributed by atoms with Crippen LogP contribution in [-0.2, 0) is 6.54 Å². The van der Waals surface area contributed by atoms with E-state index in [-0.39, 0.29) is 17.4 Å². The molecule has 1 aliphatic heterocycles. The van der Waals surface area contributed by atoms with Crippen LogP contribution in [0.15, 0.2) is 61.1 Å². The Morgan fingerprint density at radius 1 is 1.12 bits per heavy atom. The zero-order valence-corrected chi connectivity index (χ0v) is 18.3. The van der Waals surface area contributed by atoms with E-state index in [0.717, 1.165) is 34.3 Å². The number of halogens is 2. The maximum absolute atomic E-state index is 14.0. The first-order valence-corrected chi connectivity index (χ1v) is 11.3. The minimum absolute atomic E-state index is 0.0555. The van der Waals surface area contributed by atoms with Crippen molar-refractivity contribution in [2.75, 3.05) is 13.1 Å². The molecule has 33 heavy (non-hydrogen) atoms. The molecule has 9 heteroatoms. The smallest absolute Gasteiger partial charge is 0.261 e. The number of thiophene rings is 1. The molecule has 4 aromatic rings. The van der Waals surface area contributed by atoms with Crippen molar-refractivity contribution >= 4 is 28.8 Å². The van der Waals surface area contributed by atoms with Crippen LogP contribution in [0, 0.1) is 11.6 Å². The van der Waals surface area contributed by atoms with E-state index in [9.17, 15) is 18.4 Å². The van der Waals surface area contributed by atoms with Crippen molar-refractivity contribution in [3.63, 3.8) is 0 Å². The van der Waals surface area contributed by atoms with Crippen LogP contribution < -0.4 is 5.32 Å². The zero-order valence-electron chi connectivity index (χ0n) is 17.5. The molecule has 1 saturated heterocycles. The van der Waals surface area contributed by atoms with Gasteiger partial charge in [-0.2, -0.15) is 0 Å². The standard InChI is InChI=1S/C24H20F2N4O2S/c25-17-1-2-19(26)18(12-17)24(32)30-9-6-16(14-30)20-3-4-21(33-20)23(31)28-13-15-5-8-29-10-7-27-22(29)11-15/h1-5,7-8,10-12,16H,6,9,13-14H2,(H,28,31). The molecule has 1 fully saturated rings. The summed E-state index contributed by atoms with van der Waals surface area (Å²) in [6.07, 6.45) is 6.18. The van der Waals surface area contributed by atoms with Crippen LogP contribution in [-0.4, -0.2) is 39.2 Å². The molecule has 4 heterocycles. The summed E-state index contributed by atoms with van der Waals surface area (Å²) in [5, 5.41) is 2.93. The lowest BCUT2D eigenvalue weighted by Gasteiger charge is -2.16. The quantitative estimate of drug-likeness (QED) is 0.479. The van der Waals surface area contributed by atoms with E-state index in [1.165, 1.54) is 16.2 Å². The fraction of sp³-hybridized carbons (Fsp3) is 0.208. The second-order valence-electron chi connectivity index (χ2n) is 7.97.